The van der Waals surface area contributed by atoms with Crippen LogP contribution in [0.5, 0.6) is 0 Å². The maximum Gasteiger partial charge on any atom is 0.197 e. The second-order valence-electron chi connectivity index (χ2n) is 4.71. The number of nitrogens with zero attached hydrogens (tertiary/aromatic N) is 3. The summed E-state index contributed by atoms with van der Waals surface area (Å²) in [6.07, 6.45) is 3.93. The van der Waals surface area contributed by atoms with Gasteiger partial charge in [0.1, 0.15) is 0 Å². The zero-order chi connectivity index (χ0) is 16.9. The number of benzene rings is 2. The first kappa shape index (κ1) is 17.7. The van der Waals surface area contributed by atoms with Gasteiger partial charge < -0.3 is 0 Å². The topological polar surface area (TPSA) is 38.7 Å². The molecule has 0 spiro atoms. The molecular formula is C17H15N3S4. The predicted molar refractivity (Wildman–Crippen MR) is 107 cm³/mol. The van der Waals surface area contributed by atoms with Crippen molar-refractivity contribution in [1.29, 1.82) is 0 Å². The van der Waals surface area contributed by atoms with Gasteiger partial charge in [-0.05, 0) is 41.5 Å². The minimum Gasteiger partial charge on any atom is -0.196 e. The van der Waals surface area contributed by atoms with Crippen LogP contribution in [0, 0.1) is 0 Å². The van der Waals surface area contributed by atoms with Gasteiger partial charge in [-0.3, -0.25) is 0 Å². The van der Waals surface area contributed by atoms with Crippen LogP contribution in [0.1, 0.15) is 0 Å². The normalized spacial score (nSPS) is 10.8. The van der Waals surface area contributed by atoms with Crippen LogP contribution in [-0.2, 0) is 0 Å². The number of thioether (sulfide) groups is 2. The van der Waals surface area contributed by atoms with Gasteiger partial charge in [0.15, 0.2) is 15.5 Å². The van der Waals surface area contributed by atoms with E-state index in [0.29, 0.717) is 5.16 Å². The molecule has 3 aromatic rings. The monoisotopic (exact) mass is 389 g/mol. The van der Waals surface area contributed by atoms with Crippen molar-refractivity contribution < 1.29 is 0 Å². The molecule has 0 unspecified atom stereocenters. The SMILES string of the molecule is CSc1nc(SC)nc(Sc2cccc(-c3ccccc3)c2S)n1. The average Bonchev–Trinajstić information content (AvgIpc) is 2.64. The number of hydrogen-bond donors (Lipinski definition) is 1. The van der Waals surface area contributed by atoms with E-state index in [1.165, 1.54) is 35.3 Å². The molecule has 0 N–H and O–H groups in total. The largest absolute Gasteiger partial charge is 0.197 e. The van der Waals surface area contributed by atoms with Crippen molar-refractivity contribution in [3.63, 3.8) is 0 Å². The Morgan fingerprint density at radius 2 is 1.38 bits per heavy atom. The summed E-state index contributed by atoms with van der Waals surface area (Å²) in [5.41, 5.74) is 2.25. The summed E-state index contributed by atoms with van der Waals surface area (Å²) >= 11 is 9.30. The van der Waals surface area contributed by atoms with Crippen molar-refractivity contribution in [2.45, 2.75) is 25.3 Å². The molecule has 0 saturated heterocycles. The van der Waals surface area contributed by atoms with E-state index in [1.807, 2.05) is 42.8 Å². The van der Waals surface area contributed by atoms with Gasteiger partial charge in [-0.15, -0.1) is 12.6 Å². The smallest absolute Gasteiger partial charge is 0.196 e. The zero-order valence-electron chi connectivity index (χ0n) is 13.1. The van der Waals surface area contributed by atoms with E-state index in [4.69, 9.17) is 12.6 Å². The van der Waals surface area contributed by atoms with Gasteiger partial charge in [-0.25, -0.2) is 0 Å². The fraction of sp³-hybridized carbons (Fsp3) is 0.118. The zero-order valence-corrected chi connectivity index (χ0v) is 16.5. The van der Waals surface area contributed by atoms with E-state index in [-0.39, 0.29) is 0 Å². The van der Waals surface area contributed by atoms with Gasteiger partial charge in [-0.2, -0.15) is 15.0 Å². The fourth-order valence-corrected chi connectivity index (χ4v) is 4.22. The number of rotatable bonds is 5. The summed E-state index contributed by atoms with van der Waals surface area (Å²) < 4.78 is 0. The van der Waals surface area contributed by atoms with Gasteiger partial charge in [-0.1, -0.05) is 66.0 Å². The molecule has 1 heterocycles. The molecule has 24 heavy (non-hydrogen) atoms. The molecule has 0 aliphatic carbocycles. The first-order chi connectivity index (χ1) is 11.7. The maximum atomic E-state index is 4.75. The molecule has 7 heteroatoms. The first-order valence-electron chi connectivity index (χ1n) is 7.10. The third-order valence-electron chi connectivity index (χ3n) is 3.22. The predicted octanol–water partition coefficient (Wildman–Crippen LogP) is 5.42. The van der Waals surface area contributed by atoms with E-state index in [2.05, 4.69) is 33.2 Å². The van der Waals surface area contributed by atoms with E-state index in [1.54, 1.807) is 0 Å². The Morgan fingerprint density at radius 1 is 0.750 bits per heavy atom. The summed E-state index contributed by atoms with van der Waals surface area (Å²) in [6, 6.07) is 16.4. The molecule has 0 fully saturated rings. The summed E-state index contributed by atoms with van der Waals surface area (Å²) in [5, 5.41) is 2.16. The van der Waals surface area contributed by atoms with Crippen LogP contribution in [-0.4, -0.2) is 27.5 Å². The lowest BCUT2D eigenvalue weighted by atomic mass is 10.1. The molecular weight excluding hydrogens is 374 g/mol. The highest BCUT2D eigenvalue weighted by Gasteiger charge is 2.12. The molecule has 2 aromatic carbocycles. The number of aromatic nitrogens is 3. The van der Waals surface area contributed by atoms with Gasteiger partial charge in [0, 0.05) is 9.79 Å². The Hall–Kier alpha value is -1.15. The molecule has 0 saturated carbocycles. The molecule has 3 rings (SSSR count). The van der Waals surface area contributed by atoms with Crippen LogP contribution in [0.3, 0.4) is 0 Å². The third-order valence-corrected chi connectivity index (χ3v) is 5.88. The molecule has 0 aliphatic heterocycles. The molecule has 0 aliphatic rings. The van der Waals surface area contributed by atoms with Crippen LogP contribution in [0.15, 0.2) is 73.8 Å². The quantitative estimate of drug-likeness (QED) is 0.464. The van der Waals surface area contributed by atoms with Crippen molar-refractivity contribution in [1.82, 2.24) is 15.0 Å². The van der Waals surface area contributed by atoms with E-state index < -0.39 is 0 Å². The lowest BCUT2D eigenvalue weighted by Gasteiger charge is -2.10. The van der Waals surface area contributed by atoms with E-state index in [0.717, 1.165) is 31.2 Å². The van der Waals surface area contributed by atoms with Gasteiger partial charge in [0.25, 0.3) is 0 Å². The van der Waals surface area contributed by atoms with Crippen LogP contribution in [0.2, 0.25) is 0 Å². The second kappa shape index (κ2) is 8.29. The highest BCUT2D eigenvalue weighted by molar-refractivity contribution is 8.00. The van der Waals surface area contributed by atoms with Crippen LogP contribution >= 0.6 is 47.9 Å². The molecule has 0 amide bonds. The third kappa shape index (κ3) is 4.08. The summed E-state index contributed by atoms with van der Waals surface area (Å²) in [6.45, 7) is 0. The van der Waals surface area contributed by atoms with Crippen molar-refractivity contribution in [3.8, 4) is 11.1 Å². The lowest BCUT2D eigenvalue weighted by Crippen LogP contribution is -1.96. The average molecular weight is 390 g/mol. The Bertz CT molecular complexity index is 818. The number of hydrogen-bond acceptors (Lipinski definition) is 7. The van der Waals surface area contributed by atoms with Crippen LogP contribution < -0.4 is 0 Å². The minimum absolute atomic E-state index is 0.694. The van der Waals surface area contributed by atoms with Crippen molar-refractivity contribution in [3.05, 3.63) is 48.5 Å². The summed E-state index contributed by atoms with van der Waals surface area (Å²) in [7, 11) is 0. The Morgan fingerprint density at radius 3 is 2.00 bits per heavy atom. The molecule has 3 nitrogen and oxygen atoms in total. The molecule has 1 aromatic heterocycles. The highest BCUT2D eigenvalue weighted by Crippen LogP contribution is 2.37. The second-order valence-corrected chi connectivity index (χ2v) is 7.71. The Labute approximate surface area is 159 Å². The highest BCUT2D eigenvalue weighted by atomic mass is 32.2. The van der Waals surface area contributed by atoms with Crippen molar-refractivity contribution >= 4 is 47.9 Å². The molecule has 122 valence electrons. The maximum absolute atomic E-state index is 4.75. The Kier molecular flexibility index (Phi) is 6.10. The fourth-order valence-electron chi connectivity index (χ4n) is 2.10. The first-order valence-corrected chi connectivity index (χ1v) is 10.8. The van der Waals surface area contributed by atoms with Gasteiger partial charge >= 0.3 is 0 Å². The standard InChI is InChI=1S/C17H15N3S4/c1-22-15-18-16(23-2)20-17(19-15)24-13-10-6-9-12(14(13)21)11-7-4-3-5-8-11/h3-10,21H,1-2H3. The van der Waals surface area contributed by atoms with Crippen molar-refractivity contribution in [2.75, 3.05) is 12.5 Å². The minimum atomic E-state index is 0.694. The molecule has 0 radical (unpaired) electrons. The van der Waals surface area contributed by atoms with Crippen molar-refractivity contribution in [2.24, 2.45) is 0 Å². The number of thiol groups is 1. The molecule has 0 bridgehead atoms. The van der Waals surface area contributed by atoms with Gasteiger partial charge in [0.2, 0.25) is 0 Å². The van der Waals surface area contributed by atoms with Crippen LogP contribution in [0.25, 0.3) is 11.1 Å². The van der Waals surface area contributed by atoms with Crippen LogP contribution in [0.4, 0.5) is 0 Å². The molecule has 0 atom stereocenters. The van der Waals surface area contributed by atoms with E-state index >= 15 is 0 Å². The Balaban J connectivity index is 1.97. The summed E-state index contributed by atoms with van der Waals surface area (Å²) in [5.74, 6) is 0. The van der Waals surface area contributed by atoms with Gasteiger partial charge in [0.05, 0.1) is 0 Å². The lowest BCUT2D eigenvalue weighted by molar-refractivity contribution is 0.719. The summed E-state index contributed by atoms with van der Waals surface area (Å²) in [4.78, 5) is 15.3. The van der Waals surface area contributed by atoms with E-state index in [9.17, 15) is 0 Å².